The van der Waals surface area contributed by atoms with Crippen molar-refractivity contribution >= 4 is 0 Å². The van der Waals surface area contributed by atoms with E-state index in [4.69, 9.17) is 10.3 Å². The SMILES string of the molecule is CCC(c1ccccc1)C1CCCN1Cc1noc(CN)n1. The second-order valence-corrected chi connectivity index (χ2v) is 5.91. The summed E-state index contributed by atoms with van der Waals surface area (Å²) in [4.78, 5) is 6.83. The summed E-state index contributed by atoms with van der Waals surface area (Å²) >= 11 is 0. The third kappa shape index (κ3) is 3.20. The molecule has 2 unspecified atom stereocenters. The average molecular weight is 300 g/mol. The molecule has 5 heteroatoms. The highest BCUT2D eigenvalue weighted by atomic mass is 16.5. The number of rotatable bonds is 6. The summed E-state index contributed by atoms with van der Waals surface area (Å²) in [7, 11) is 0. The lowest BCUT2D eigenvalue weighted by molar-refractivity contribution is 0.204. The largest absolute Gasteiger partial charge is 0.338 e. The molecule has 0 radical (unpaired) electrons. The third-order valence-electron chi connectivity index (χ3n) is 4.58. The molecule has 2 N–H and O–H groups in total. The molecule has 0 aliphatic carbocycles. The van der Waals surface area contributed by atoms with Crippen LogP contribution in [0, 0.1) is 0 Å². The fourth-order valence-electron chi connectivity index (χ4n) is 3.55. The van der Waals surface area contributed by atoms with E-state index in [0.29, 0.717) is 24.4 Å². The van der Waals surface area contributed by atoms with Crippen molar-refractivity contribution in [3.05, 3.63) is 47.6 Å². The van der Waals surface area contributed by atoms with Crippen molar-refractivity contribution in [3.8, 4) is 0 Å². The molecular weight excluding hydrogens is 276 g/mol. The highest BCUT2D eigenvalue weighted by Gasteiger charge is 2.32. The lowest BCUT2D eigenvalue weighted by Crippen LogP contribution is -2.34. The van der Waals surface area contributed by atoms with Gasteiger partial charge in [-0.25, -0.2) is 0 Å². The molecule has 118 valence electrons. The highest BCUT2D eigenvalue weighted by molar-refractivity contribution is 5.21. The van der Waals surface area contributed by atoms with Gasteiger partial charge in [0.05, 0.1) is 13.1 Å². The zero-order valence-electron chi connectivity index (χ0n) is 13.1. The summed E-state index contributed by atoms with van der Waals surface area (Å²) in [6, 6.07) is 11.4. The van der Waals surface area contributed by atoms with Gasteiger partial charge in [-0.15, -0.1) is 0 Å². The Hall–Kier alpha value is -1.72. The van der Waals surface area contributed by atoms with Crippen molar-refractivity contribution in [1.29, 1.82) is 0 Å². The van der Waals surface area contributed by atoms with Gasteiger partial charge < -0.3 is 10.3 Å². The minimum atomic E-state index is 0.304. The normalized spacial score (nSPS) is 20.4. The van der Waals surface area contributed by atoms with E-state index in [1.165, 1.54) is 18.4 Å². The van der Waals surface area contributed by atoms with Gasteiger partial charge in [-0.05, 0) is 37.3 Å². The lowest BCUT2D eigenvalue weighted by atomic mass is 9.87. The maximum atomic E-state index is 5.53. The molecule has 0 amide bonds. The molecule has 1 aliphatic rings. The van der Waals surface area contributed by atoms with Crippen molar-refractivity contribution in [2.75, 3.05) is 6.54 Å². The van der Waals surface area contributed by atoms with Crippen molar-refractivity contribution < 1.29 is 4.52 Å². The number of hydrogen-bond donors (Lipinski definition) is 1. The molecule has 2 heterocycles. The fourth-order valence-corrected chi connectivity index (χ4v) is 3.55. The molecule has 1 fully saturated rings. The zero-order valence-corrected chi connectivity index (χ0v) is 13.1. The zero-order chi connectivity index (χ0) is 15.4. The van der Waals surface area contributed by atoms with Crippen LogP contribution in [0.25, 0.3) is 0 Å². The van der Waals surface area contributed by atoms with E-state index in [1.807, 2.05) is 0 Å². The fraction of sp³-hybridized carbons (Fsp3) is 0.529. The van der Waals surface area contributed by atoms with Crippen molar-refractivity contribution in [2.45, 2.75) is 51.2 Å². The van der Waals surface area contributed by atoms with Crippen LogP contribution in [0.1, 0.15) is 49.4 Å². The molecule has 0 bridgehead atoms. The standard InChI is InChI=1S/C17H24N4O/c1-2-14(13-7-4-3-5-8-13)15-9-6-10-21(15)12-16-19-17(11-18)22-20-16/h3-5,7-8,14-15H,2,6,9-12,18H2,1H3. The Labute approximate surface area is 131 Å². The van der Waals surface area contributed by atoms with Gasteiger partial charge in [-0.1, -0.05) is 42.4 Å². The van der Waals surface area contributed by atoms with Crippen molar-refractivity contribution in [1.82, 2.24) is 15.0 Å². The van der Waals surface area contributed by atoms with Crippen LogP contribution in [-0.4, -0.2) is 27.6 Å². The number of hydrogen-bond acceptors (Lipinski definition) is 5. The first kappa shape index (κ1) is 15.2. The second kappa shape index (κ2) is 7.03. The van der Waals surface area contributed by atoms with Gasteiger partial charge in [0.1, 0.15) is 0 Å². The van der Waals surface area contributed by atoms with E-state index in [0.717, 1.165) is 25.3 Å². The Morgan fingerprint density at radius 3 is 2.86 bits per heavy atom. The predicted molar refractivity (Wildman–Crippen MR) is 85.1 cm³/mol. The molecule has 22 heavy (non-hydrogen) atoms. The maximum absolute atomic E-state index is 5.53. The van der Waals surface area contributed by atoms with Crippen molar-refractivity contribution in [3.63, 3.8) is 0 Å². The third-order valence-corrected chi connectivity index (χ3v) is 4.58. The first-order valence-corrected chi connectivity index (χ1v) is 8.12. The van der Waals surface area contributed by atoms with Gasteiger partial charge in [-0.2, -0.15) is 4.98 Å². The van der Waals surface area contributed by atoms with Crippen molar-refractivity contribution in [2.24, 2.45) is 5.73 Å². The van der Waals surface area contributed by atoms with Crippen LogP contribution in [0.15, 0.2) is 34.9 Å². The average Bonchev–Trinajstić information content (AvgIpc) is 3.20. The monoisotopic (exact) mass is 300 g/mol. The molecular formula is C17H24N4O. The van der Waals surface area contributed by atoms with Gasteiger partial charge in [0.2, 0.25) is 5.89 Å². The molecule has 5 nitrogen and oxygen atoms in total. The van der Waals surface area contributed by atoms with E-state index >= 15 is 0 Å². The molecule has 1 aliphatic heterocycles. The van der Waals surface area contributed by atoms with Gasteiger partial charge in [0.15, 0.2) is 5.82 Å². The van der Waals surface area contributed by atoms with Gasteiger partial charge in [0.25, 0.3) is 0 Å². The smallest absolute Gasteiger partial charge is 0.240 e. The maximum Gasteiger partial charge on any atom is 0.240 e. The van der Waals surface area contributed by atoms with Crippen LogP contribution in [0.3, 0.4) is 0 Å². The molecule has 0 saturated carbocycles. The number of aromatic nitrogens is 2. The quantitative estimate of drug-likeness (QED) is 0.888. The van der Waals surface area contributed by atoms with E-state index in [9.17, 15) is 0 Å². The number of nitrogens with zero attached hydrogens (tertiary/aromatic N) is 3. The van der Waals surface area contributed by atoms with E-state index in [2.05, 4.69) is 52.3 Å². The summed E-state index contributed by atoms with van der Waals surface area (Å²) in [5.74, 6) is 1.82. The van der Waals surface area contributed by atoms with Crippen LogP contribution in [0.5, 0.6) is 0 Å². The Kier molecular flexibility index (Phi) is 4.85. The van der Waals surface area contributed by atoms with Crippen LogP contribution in [-0.2, 0) is 13.1 Å². The molecule has 0 spiro atoms. The van der Waals surface area contributed by atoms with Crippen LogP contribution in [0.4, 0.5) is 0 Å². The molecule has 2 aromatic rings. The van der Waals surface area contributed by atoms with Gasteiger partial charge >= 0.3 is 0 Å². The summed E-state index contributed by atoms with van der Waals surface area (Å²) < 4.78 is 5.12. The summed E-state index contributed by atoms with van der Waals surface area (Å²) in [5, 5.41) is 4.04. The first-order valence-electron chi connectivity index (χ1n) is 8.12. The summed E-state index contributed by atoms with van der Waals surface area (Å²) in [6.07, 6.45) is 3.61. The number of nitrogens with two attached hydrogens (primary N) is 1. The van der Waals surface area contributed by atoms with Crippen LogP contribution in [0.2, 0.25) is 0 Å². The Morgan fingerprint density at radius 1 is 1.36 bits per heavy atom. The Morgan fingerprint density at radius 2 is 2.18 bits per heavy atom. The minimum absolute atomic E-state index is 0.304. The summed E-state index contributed by atoms with van der Waals surface area (Å²) in [6.45, 7) is 4.42. The number of benzene rings is 1. The Balaban J connectivity index is 1.74. The molecule has 3 rings (SSSR count). The topological polar surface area (TPSA) is 68.2 Å². The Bertz CT molecular complexity index is 583. The van der Waals surface area contributed by atoms with E-state index in [-0.39, 0.29) is 0 Å². The van der Waals surface area contributed by atoms with E-state index in [1.54, 1.807) is 0 Å². The van der Waals surface area contributed by atoms with E-state index < -0.39 is 0 Å². The molecule has 1 aromatic carbocycles. The molecule has 2 atom stereocenters. The van der Waals surface area contributed by atoms with Crippen LogP contribution < -0.4 is 5.73 Å². The minimum Gasteiger partial charge on any atom is -0.338 e. The number of likely N-dealkylation sites (tertiary alicyclic amines) is 1. The first-order chi connectivity index (χ1) is 10.8. The predicted octanol–water partition coefficient (Wildman–Crippen LogP) is 2.69. The lowest BCUT2D eigenvalue weighted by Gasteiger charge is -2.30. The second-order valence-electron chi connectivity index (χ2n) is 5.91. The van der Waals surface area contributed by atoms with Gasteiger partial charge in [-0.3, -0.25) is 4.90 Å². The van der Waals surface area contributed by atoms with Crippen LogP contribution >= 0.6 is 0 Å². The highest BCUT2D eigenvalue weighted by Crippen LogP contribution is 2.34. The summed E-state index contributed by atoms with van der Waals surface area (Å²) in [5.41, 5.74) is 6.96. The molecule has 1 saturated heterocycles. The molecule has 1 aromatic heterocycles. The van der Waals surface area contributed by atoms with Gasteiger partial charge in [0, 0.05) is 6.04 Å².